The van der Waals surface area contributed by atoms with E-state index in [1.54, 1.807) is 24.3 Å². The molecule has 1 atom stereocenters. The van der Waals surface area contributed by atoms with Gasteiger partial charge in [-0.25, -0.2) is 8.42 Å². The largest absolute Gasteiger partial charge is 0.349 e. The summed E-state index contributed by atoms with van der Waals surface area (Å²) in [7, 11) is -3.48. The lowest BCUT2D eigenvalue weighted by molar-refractivity contribution is -0.126. The fourth-order valence-corrected chi connectivity index (χ4v) is 6.85. The lowest BCUT2D eigenvalue weighted by Gasteiger charge is -2.30. The fraction of sp³-hybridized carbons (Fsp3) is 0.389. The van der Waals surface area contributed by atoms with Crippen LogP contribution in [0.3, 0.4) is 0 Å². The molecule has 1 aromatic carbocycles. The summed E-state index contributed by atoms with van der Waals surface area (Å²) in [4.78, 5) is 12.6. The molecule has 1 aromatic heterocycles. The van der Waals surface area contributed by atoms with Gasteiger partial charge in [0.2, 0.25) is 5.91 Å². The molecule has 0 radical (unpaired) electrons. The van der Waals surface area contributed by atoms with Gasteiger partial charge in [-0.2, -0.15) is 4.31 Å². The number of benzene rings is 1. The zero-order chi connectivity index (χ0) is 19.6. The number of rotatable bonds is 5. The number of carbonyl (C=O) groups is 1. The van der Waals surface area contributed by atoms with E-state index < -0.39 is 10.0 Å². The van der Waals surface area contributed by atoms with Crippen molar-refractivity contribution in [3.8, 4) is 0 Å². The van der Waals surface area contributed by atoms with Gasteiger partial charge in [0.05, 0.1) is 9.83 Å². The number of sulfonamides is 1. The van der Waals surface area contributed by atoms with Crippen LogP contribution in [0, 0.1) is 5.92 Å². The molecule has 1 unspecified atom stereocenters. The smallest absolute Gasteiger partial charge is 0.252 e. The van der Waals surface area contributed by atoms with Crippen molar-refractivity contribution in [3.63, 3.8) is 0 Å². The summed E-state index contributed by atoms with van der Waals surface area (Å²) in [6.07, 6.45) is 1.04. The molecule has 0 spiro atoms. The first kappa shape index (κ1) is 20.8. The van der Waals surface area contributed by atoms with Crippen LogP contribution >= 0.6 is 38.9 Å². The van der Waals surface area contributed by atoms with Crippen LogP contribution in [0.4, 0.5) is 0 Å². The molecular formula is C18H20BrClN2O3S2. The number of hydrogen-bond acceptors (Lipinski definition) is 4. The van der Waals surface area contributed by atoms with Gasteiger partial charge < -0.3 is 5.32 Å². The zero-order valence-corrected chi connectivity index (χ0v) is 18.7. The number of carbonyl (C=O) groups excluding carboxylic acids is 1. The number of hydrogen-bond donors (Lipinski definition) is 1. The number of nitrogens with one attached hydrogen (secondary N) is 1. The second kappa shape index (κ2) is 8.61. The third-order valence-electron chi connectivity index (χ3n) is 4.70. The van der Waals surface area contributed by atoms with Crippen LogP contribution in [-0.2, 0) is 14.8 Å². The topological polar surface area (TPSA) is 66.5 Å². The molecule has 3 rings (SSSR count). The van der Waals surface area contributed by atoms with E-state index in [9.17, 15) is 13.2 Å². The molecule has 1 amide bonds. The normalized spacial score (nSPS) is 17.6. The zero-order valence-electron chi connectivity index (χ0n) is 14.7. The molecule has 146 valence electrons. The first-order chi connectivity index (χ1) is 12.8. The summed E-state index contributed by atoms with van der Waals surface area (Å²) < 4.78 is 27.9. The molecule has 2 heterocycles. The van der Waals surface area contributed by atoms with Crippen molar-refractivity contribution in [2.75, 3.05) is 13.1 Å². The van der Waals surface area contributed by atoms with Crippen LogP contribution in [0.15, 0.2) is 44.4 Å². The summed E-state index contributed by atoms with van der Waals surface area (Å²) >= 11 is 10.4. The summed E-state index contributed by atoms with van der Waals surface area (Å²) in [5, 5.41) is 3.68. The highest BCUT2D eigenvalue weighted by molar-refractivity contribution is 9.11. The third kappa shape index (κ3) is 4.92. The maximum Gasteiger partial charge on any atom is 0.252 e. The quantitative estimate of drug-likeness (QED) is 0.672. The standard InChI is InChI=1S/C18H20BrClN2O3S2/c1-12(13-2-4-15(20)5-3-13)21-18(23)14-8-10-22(11-9-14)27(24,25)17-7-6-16(19)26-17/h2-7,12,14H,8-11H2,1H3,(H,21,23). The van der Waals surface area contributed by atoms with Crippen molar-refractivity contribution >= 4 is 54.8 Å². The van der Waals surface area contributed by atoms with Gasteiger partial charge in [-0.3, -0.25) is 4.79 Å². The van der Waals surface area contributed by atoms with Gasteiger partial charge in [-0.05, 0) is 65.5 Å². The molecule has 27 heavy (non-hydrogen) atoms. The number of amides is 1. The Hall–Kier alpha value is -0.930. The number of piperidine rings is 1. The van der Waals surface area contributed by atoms with Crippen molar-refractivity contribution in [3.05, 3.63) is 50.8 Å². The molecule has 2 aromatic rings. The molecular weight excluding hydrogens is 472 g/mol. The minimum absolute atomic E-state index is 0.0339. The highest BCUT2D eigenvalue weighted by Crippen LogP contribution is 2.31. The lowest BCUT2D eigenvalue weighted by atomic mass is 9.96. The molecule has 1 fully saturated rings. The van der Waals surface area contributed by atoms with E-state index in [-0.39, 0.29) is 17.9 Å². The van der Waals surface area contributed by atoms with Gasteiger partial charge in [-0.1, -0.05) is 23.7 Å². The first-order valence-electron chi connectivity index (χ1n) is 8.58. The average Bonchev–Trinajstić information content (AvgIpc) is 3.09. The summed E-state index contributed by atoms with van der Waals surface area (Å²) in [5.41, 5.74) is 0.982. The van der Waals surface area contributed by atoms with Crippen molar-refractivity contribution < 1.29 is 13.2 Å². The predicted molar refractivity (Wildman–Crippen MR) is 112 cm³/mol. The Balaban J connectivity index is 1.57. The van der Waals surface area contributed by atoms with E-state index in [4.69, 9.17) is 11.6 Å². The molecule has 1 aliphatic heterocycles. The first-order valence-corrected chi connectivity index (χ1v) is 12.0. The van der Waals surface area contributed by atoms with E-state index in [0.29, 0.717) is 35.2 Å². The van der Waals surface area contributed by atoms with Crippen molar-refractivity contribution in [1.29, 1.82) is 0 Å². The van der Waals surface area contributed by atoms with Crippen LogP contribution in [0.5, 0.6) is 0 Å². The van der Waals surface area contributed by atoms with Gasteiger partial charge >= 0.3 is 0 Å². The highest BCUT2D eigenvalue weighted by atomic mass is 79.9. The third-order valence-corrected chi connectivity index (χ3v) is 8.94. The fourth-order valence-electron chi connectivity index (χ4n) is 3.09. The van der Waals surface area contributed by atoms with E-state index in [1.807, 2.05) is 19.1 Å². The Morgan fingerprint density at radius 1 is 1.22 bits per heavy atom. The van der Waals surface area contributed by atoms with Crippen LogP contribution in [-0.4, -0.2) is 31.7 Å². The van der Waals surface area contributed by atoms with E-state index >= 15 is 0 Å². The van der Waals surface area contributed by atoms with Crippen LogP contribution in [0.1, 0.15) is 31.4 Å². The van der Waals surface area contributed by atoms with E-state index in [0.717, 1.165) is 9.35 Å². The Morgan fingerprint density at radius 2 is 1.85 bits per heavy atom. The predicted octanol–water partition coefficient (Wildman–Crippen LogP) is 4.44. The van der Waals surface area contributed by atoms with Gasteiger partial charge in [0, 0.05) is 24.0 Å². The molecule has 0 aliphatic carbocycles. The average molecular weight is 492 g/mol. The second-order valence-electron chi connectivity index (χ2n) is 6.52. The van der Waals surface area contributed by atoms with Crippen LogP contribution in [0.25, 0.3) is 0 Å². The number of nitrogens with zero attached hydrogens (tertiary/aromatic N) is 1. The Kier molecular flexibility index (Phi) is 6.63. The minimum Gasteiger partial charge on any atom is -0.349 e. The maximum absolute atomic E-state index is 12.7. The SMILES string of the molecule is CC(NC(=O)C1CCN(S(=O)(=O)c2ccc(Br)s2)CC1)c1ccc(Cl)cc1. The highest BCUT2D eigenvalue weighted by Gasteiger charge is 2.33. The van der Waals surface area contributed by atoms with Crippen LogP contribution < -0.4 is 5.32 Å². The van der Waals surface area contributed by atoms with Crippen molar-refractivity contribution in [1.82, 2.24) is 9.62 Å². The summed E-state index contributed by atoms with van der Waals surface area (Å²) in [6.45, 7) is 2.63. The van der Waals surface area contributed by atoms with Gasteiger partial charge in [-0.15, -0.1) is 11.3 Å². The minimum atomic E-state index is -3.48. The van der Waals surface area contributed by atoms with Crippen molar-refractivity contribution in [2.45, 2.75) is 30.0 Å². The summed E-state index contributed by atoms with van der Waals surface area (Å²) in [5.74, 6) is -0.213. The molecule has 0 saturated carbocycles. The molecule has 1 N–H and O–H groups in total. The number of halogens is 2. The van der Waals surface area contributed by atoms with E-state index in [2.05, 4.69) is 21.2 Å². The van der Waals surface area contributed by atoms with Gasteiger partial charge in [0.1, 0.15) is 4.21 Å². The molecule has 1 aliphatic rings. The maximum atomic E-state index is 12.7. The van der Waals surface area contributed by atoms with Crippen LogP contribution in [0.2, 0.25) is 5.02 Å². The van der Waals surface area contributed by atoms with E-state index in [1.165, 1.54) is 15.6 Å². The molecule has 9 heteroatoms. The van der Waals surface area contributed by atoms with Gasteiger partial charge in [0.25, 0.3) is 10.0 Å². The lowest BCUT2D eigenvalue weighted by Crippen LogP contribution is -2.43. The molecule has 1 saturated heterocycles. The van der Waals surface area contributed by atoms with Gasteiger partial charge in [0.15, 0.2) is 0 Å². The monoisotopic (exact) mass is 490 g/mol. The Labute approximate surface area is 176 Å². The molecule has 0 bridgehead atoms. The molecule has 5 nitrogen and oxygen atoms in total. The Morgan fingerprint density at radius 3 is 2.41 bits per heavy atom. The summed E-state index contributed by atoms with van der Waals surface area (Å²) in [6, 6.07) is 10.6. The Bertz CT molecular complexity index is 907. The van der Waals surface area contributed by atoms with Crippen molar-refractivity contribution in [2.24, 2.45) is 5.92 Å². The second-order valence-corrected chi connectivity index (χ2v) is 11.6. The number of thiophene rings is 1.